The van der Waals surface area contributed by atoms with E-state index in [9.17, 15) is 0 Å². The summed E-state index contributed by atoms with van der Waals surface area (Å²) in [6.07, 6.45) is 2.37. The highest BCUT2D eigenvalue weighted by Gasteiger charge is 2.38. The second kappa shape index (κ2) is 3.71. The summed E-state index contributed by atoms with van der Waals surface area (Å²) in [7, 11) is 2.14. The molecule has 0 unspecified atom stereocenters. The van der Waals surface area contributed by atoms with Crippen LogP contribution in [0, 0.1) is 0 Å². The molecule has 1 aliphatic carbocycles. The van der Waals surface area contributed by atoms with E-state index in [1.54, 1.807) is 0 Å². The molecule has 76 valence electrons. The first-order valence-electron chi connectivity index (χ1n) is 5.19. The fourth-order valence-corrected chi connectivity index (χ4v) is 1.81. The van der Waals surface area contributed by atoms with Gasteiger partial charge in [-0.3, -0.25) is 0 Å². The Kier molecular flexibility index (Phi) is 2.57. The lowest BCUT2D eigenvalue weighted by Gasteiger charge is -2.20. The third kappa shape index (κ3) is 2.56. The summed E-state index contributed by atoms with van der Waals surface area (Å²) < 4.78 is 0. The zero-order valence-electron chi connectivity index (χ0n) is 8.74. The molecule has 2 N–H and O–H groups in total. The highest BCUT2D eigenvalue weighted by molar-refractivity contribution is 5.14. The normalized spacial score (nSPS) is 18.5. The maximum atomic E-state index is 6.06. The van der Waals surface area contributed by atoms with Crippen molar-refractivity contribution >= 4 is 0 Å². The number of benzene rings is 1. The molecule has 0 radical (unpaired) electrons. The molecule has 0 amide bonds. The van der Waals surface area contributed by atoms with Crippen molar-refractivity contribution in [2.75, 3.05) is 13.6 Å². The second-order valence-corrected chi connectivity index (χ2v) is 4.52. The molecule has 1 aromatic rings. The summed E-state index contributed by atoms with van der Waals surface area (Å²) in [5.74, 6) is 0. The predicted octanol–water partition coefficient (Wildman–Crippen LogP) is 1.61. The molecular weight excluding hydrogens is 172 g/mol. The first-order valence-corrected chi connectivity index (χ1v) is 5.19. The predicted molar refractivity (Wildman–Crippen MR) is 58.9 cm³/mol. The molecule has 14 heavy (non-hydrogen) atoms. The lowest BCUT2D eigenvalue weighted by Crippen LogP contribution is -2.36. The Morgan fingerprint density at radius 2 is 1.93 bits per heavy atom. The van der Waals surface area contributed by atoms with Crippen LogP contribution >= 0.6 is 0 Å². The van der Waals surface area contributed by atoms with E-state index in [-0.39, 0.29) is 5.54 Å². The van der Waals surface area contributed by atoms with E-state index >= 15 is 0 Å². The zero-order valence-corrected chi connectivity index (χ0v) is 8.74. The Labute approximate surface area is 85.7 Å². The smallest absolute Gasteiger partial charge is 0.0284 e. The maximum Gasteiger partial charge on any atom is 0.0284 e. The molecular formula is C12H18N2. The van der Waals surface area contributed by atoms with Crippen molar-refractivity contribution in [3.8, 4) is 0 Å². The van der Waals surface area contributed by atoms with Gasteiger partial charge < -0.3 is 10.6 Å². The van der Waals surface area contributed by atoms with Gasteiger partial charge in [0, 0.05) is 18.6 Å². The molecule has 0 aliphatic heterocycles. The van der Waals surface area contributed by atoms with Crippen molar-refractivity contribution < 1.29 is 0 Å². The molecule has 1 aromatic carbocycles. The van der Waals surface area contributed by atoms with Crippen molar-refractivity contribution in [2.24, 2.45) is 5.73 Å². The minimum absolute atomic E-state index is 0.129. The minimum atomic E-state index is 0.129. The Morgan fingerprint density at radius 1 is 1.29 bits per heavy atom. The van der Waals surface area contributed by atoms with E-state index in [0.29, 0.717) is 0 Å². The van der Waals surface area contributed by atoms with E-state index in [1.807, 2.05) is 0 Å². The monoisotopic (exact) mass is 190 g/mol. The summed E-state index contributed by atoms with van der Waals surface area (Å²) in [5, 5.41) is 0. The van der Waals surface area contributed by atoms with Crippen molar-refractivity contribution in [2.45, 2.75) is 24.9 Å². The number of nitrogens with two attached hydrogens (primary N) is 1. The second-order valence-electron chi connectivity index (χ2n) is 4.52. The number of nitrogens with zero attached hydrogens (tertiary/aromatic N) is 1. The maximum absolute atomic E-state index is 6.06. The number of likely N-dealkylation sites (N-methyl/N-ethyl adjacent to an activating group) is 1. The van der Waals surface area contributed by atoms with Crippen LogP contribution in [-0.2, 0) is 6.54 Å². The zero-order chi connectivity index (χ0) is 10.0. The molecule has 0 heterocycles. The van der Waals surface area contributed by atoms with Crippen LogP contribution in [0.25, 0.3) is 0 Å². The molecule has 2 nitrogen and oxygen atoms in total. The largest absolute Gasteiger partial charge is 0.324 e. The Bertz CT molecular complexity index is 290. The number of rotatable bonds is 4. The Balaban J connectivity index is 1.85. The van der Waals surface area contributed by atoms with Crippen LogP contribution in [-0.4, -0.2) is 24.0 Å². The SMILES string of the molecule is CN(Cc1ccccc1)CC1(N)CC1. The van der Waals surface area contributed by atoms with Gasteiger partial charge in [0.05, 0.1) is 0 Å². The summed E-state index contributed by atoms with van der Waals surface area (Å²) in [6, 6.07) is 10.5. The summed E-state index contributed by atoms with van der Waals surface area (Å²) >= 11 is 0. The summed E-state index contributed by atoms with van der Waals surface area (Å²) in [4.78, 5) is 2.31. The molecule has 2 rings (SSSR count). The van der Waals surface area contributed by atoms with Gasteiger partial charge >= 0.3 is 0 Å². The van der Waals surface area contributed by atoms with Crippen LogP contribution in [0.5, 0.6) is 0 Å². The standard InChI is InChI=1S/C12H18N2/c1-14(10-12(13)7-8-12)9-11-5-3-2-4-6-11/h2-6H,7-10,13H2,1H3. The average molecular weight is 190 g/mol. The lowest BCUT2D eigenvalue weighted by atomic mass is 10.2. The third-order valence-electron chi connectivity index (χ3n) is 2.77. The van der Waals surface area contributed by atoms with E-state index in [1.165, 1.54) is 18.4 Å². The van der Waals surface area contributed by atoms with E-state index < -0.39 is 0 Å². The lowest BCUT2D eigenvalue weighted by molar-refractivity contribution is 0.296. The first-order chi connectivity index (χ1) is 6.68. The fourth-order valence-electron chi connectivity index (χ4n) is 1.81. The molecule has 1 aliphatic rings. The fraction of sp³-hybridized carbons (Fsp3) is 0.500. The van der Waals surface area contributed by atoms with Gasteiger partial charge in [0.2, 0.25) is 0 Å². The van der Waals surface area contributed by atoms with Crippen LogP contribution in [0.1, 0.15) is 18.4 Å². The van der Waals surface area contributed by atoms with Gasteiger partial charge in [-0.25, -0.2) is 0 Å². The van der Waals surface area contributed by atoms with Crippen LogP contribution in [0.4, 0.5) is 0 Å². The van der Waals surface area contributed by atoms with Crippen molar-refractivity contribution in [1.29, 1.82) is 0 Å². The Hall–Kier alpha value is -0.860. The molecule has 2 heteroatoms. The summed E-state index contributed by atoms with van der Waals surface area (Å²) in [6.45, 7) is 2.02. The van der Waals surface area contributed by atoms with E-state index in [4.69, 9.17) is 5.73 Å². The van der Waals surface area contributed by atoms with Gasteiger partial charge in [0.1, 0.15) is 0 Å². The van der Waals surface area contributed by atoms with Crippen LogP contribution in [0.2, 0.25) is 0 Å². The van der Waals surface area contributed by atoms with Gasteiger partial charge in [-0.05, 0) is 25.5 Å². The third-order valence-corrected chi connectivity index (χ3v) is 2.77. The van der Waals surface area contributed by atoms with Crippen molar-refractivity contribution in [3.63, 3.8) is 0 Å². The molecule has 1 fully saturated rings. The Morgan fingerprint density at radius 3 is 2.50 bits per heavy atom. The first kappa shape index (κ1) is 9.69. The quantitative estimate of drug-likeness (QED) is 0.781. The molecule has 0 spiro atoms. The van der Waals surface area contributed by atoms with Gasteiger partial charge in [-0.1, -0.05) is 30.3 Å². The molecule has 0 saturated heterocycles. The minimum Gasteiger partial charge on any atom is -0.324 e. The van der Waals surface area contributed by atoms with E-state index in [0.717, 1.165) is 13.1 Å². The van der Waals surface area contributed by atoms with Gasteiger partial charge in [0.15, 0.2) is 0 Å². The van der Waals surface area contributed by atoms with Crippen LogP contribution < -0.4 is 5.73 Å². The molecule has 0 atom stereocenters. The van der Waals surface area contributed by atoms with Gasteiger partial charge in [0.25, 0.3) is 0 Å². The molecule has 0 bridgehead atoms. The number of hydrogen-bond acceptors (Lipinski definition) is 2. The van der Waals surface area contributed by atoms with Crippen molar-refractivity contribution in [1.82, 2.24) is 4.90 Å². The summed E-state index contributed by atoms with van der Waals surface area (Å²) in [5.41, 5.74) is 7.55. The molecule has 1 saturated carbocycles. The van der Waals surface area contributed by atoms with Gasteiger partial charge in [-0.2, -0.15) is 0 Å². The van der Waals surface area contributed by atoms with Crippen LogP contribution in [0.3, 0.4) is 0 Å². The van der Waals surface area contributed by atoms with Crippen LogP contribution in [0.15, 0.2) is 30.3 Å². The van der Waals surface area contributed by atoms with Crippen molar-refractivity contribution in [3.05, 3.63) is 35.9 Å². The highest BCUT2D eigenvalue weighted by atomic mass is 15.1. The molecule has 0 aromatic heterocycles. The highest BCUT2D eigenvalue weighted by Crippen LogP contribution is 2.32. The average Bonchev–Trinajstić information content (AvgIpc) is 2.84. The topological polar surface area (TPSA) is 29.3 Å². The number of hydrogen-bond donors (Lipinski definition) is 1. The van der Waals surface area contributed by atoms with Gasteiger partial charge in [-0.15, -0.1) is 0 Å². The van der Waals surface area contributed by atoms with E-state index in [2.05, 4.69) is 42.3 Å².